The second-order valence-corrected chi connectivity index (χ2v) is 6.96. The van der Waals surface area contributed by atoms with Crippen molar-refractivity contribution in [1.82, 2.24) is 10.5 Å². The number of nitrogens with zero attached hydrogens (tertiary/aromatic N) is 1. The molecule has 0 aliphatic heterocycles. The van der Waals surface area contributed by atoms with Gasteiger partial charge in [-0.2, -0.15) is 0 Å². The maximum absolute atomic E-state index is 13.9. The molecule has 0 aliphatic rings. The van der Waals surface area contributed by atoms with E-state index in [1.54, 1.807) is 36.4 Å². The standard InChI is InChI=1S/C21H15FN2O2S/c22-17-9-5-4-8-16(17)19-10-11-20(27-19)21(25)23-13-15-12-18(26-24-15)14-6-2-1-3-7-14/h1-12H,13H2,(H,23,25). The predicted molar refractivity (Wildman–Crippen MR) is 103 cm³/mol. The van der Waals surface area contributed by atoms with Crippen molar-refractivity contribution in [3.8, 4) is 21.8 Å². The van der Waals surface area contributed by atoms with Crippen molar-refractivity contribution in [2.75, 3.05) is 0 Å². The number of thiophene rings is 1. The van der Waals surface area contributed by atoms with Crippen molar-refractivity contribution in [2.24, 2.45) is 0 Å². The Morgan fingerprint density at radius 1 is 1.04 bits per heavy atom. The summed E-state index contributed by atoms with van der Waals surface area (Å²) in [7, 11) is 0. The smallest absolute Gasteiger partial charge is 0.261 e. The van der Waals surface area contributed by atoms with Gasteiger partial charge in [0.2, 0.25) is 0 Å². The number of carbonyl (C=O) groups is 1. The molecule has 4 nitrogen and oxygen atoms in total. The lowest BCUT2D eigenvalue weighted by atomic mass is 10.1. The van der Waals surface area contributed by atoms with Gasteiger partial charge in [0.05, 0.1) is 11.4 Å². The maximum atomic E-state index is 13.9. The lowest BCUT2D eigenvalue weighted by molar-refractivity contribution is 0.0954. The Hall–Kier alpha value is -3.25. The first-order valence-electron chi connectivity index (χ1n) is 8.34. The van der Waals surface area contributed by atoms with E-state index in [4.69, 9.17) is 4.52 Å². The Labute approximate surface area is 159 Å². The number of amides is 1. The maximum Gasteiger partial charge on any atom is 0.261 e. The fourth-order valence-corrected chi connectivity index (χ4v) is 3.61. The number of hydrogen-bond donors (Lipinski definition) is 1. The zero-order valence-corrected chi connectivity index (χ0v) is 15.0. The van der Waals surface area contributed by atoms with Gasteiger partial charge < -0.3 is 9.84 Å². The van der Waals surface area contributed by atoms with Crippen LogP contribution in [0.15, 0.2) is 77.3 Å². The van der Waals surface area contributed by atoms with E-state index in [-0.39, 0.29) is 18.3 Å². The fourth-order valence-electron chi connectivity index (χ4n) is 2.66. The molecule has 2 heterocycles. The number of rotatable bonds is 5. The number of hydrogen-bond acceptors (Lipinski definition) is 4. The van der Waals surface area contributed by atoms with Crippen molar-refractivity contribution < 1.29 is 13.7 Å². The number of halogens is 1. The van der Waals surface area contributed by atoms with E-state index < -0.39 is 0 Å². The van der Waals surface area contributed by atoms with Crippen LogP contribution in [0.2, 0.25) is 0 Å². The van der Waals surface area contributed by atoms with Gasteiger partial charge in [-0.05, 0) is 18.2 Å². The van der Waals surface area contributed by atoms with Gasteiger partial charge in [0.25, 0.3) is 5.91 Å². The van der Waals surface area contributed by atoms with Gasteiger partial charge in [0, 0.05) is 22.1 Å². The summed E-state index contributed by atoms with van der Waals surface area (Å²) in [5.41, 5.74) is 2.05. The van der Waals surface area contributed by atoms with Gasteiger partial charge in [-0.15, -0.1) is 11.3 Å². The fraction of sp³-hybridized carbons (Fsp3) is 0.0476. The molecule has 27 heavy (non-hydrogen) atoms. The monoisotopic (exact) mass is 378 g/mol. The van der Waals surface area contributed by atoms with E-state index in [0.717, 1.165) is 5.56 Å². The molecule has 1 amide bonds. The topological polar surface area (TPSA) is 55.1 Å². The van der Waals surface area contributed by atoms with Crippen molar-refractivity contribution in [2.45, 2.75) is 6.54 Å². The summed E-state index contributed by atoms with van der Waals surface area (Å²) in [5.74, 6) is 0.118. The number of carbonyl (C=O) groups excluding carboxylic acids is 1. The Bertz CT molecular complexity index is 1070. The average molecular weight is 378 g/mol. The Balaban J connectivity index is 1.42. The van der Waals surface area contributed by atoms with E-state index in [1.165, 1.54) is 17.4 Å². The van der Waals surface area contributed by atoms with Crippen LogP contribution in [0.4, 0.5) is 4.39 Å². The van der Waals surface area contributed by atoms with E-state index in [0.29, 0.717) is 26.8 Å². The van der Waals surface area contributed by atoms with Crippen LogP contribution in [-0.2, 0) is 6.54 Å². The summed E-state index contributed by atoms with van der Waals surface area (Å²) in [5, 5.41) is 6.80. The highest BCUT2D eigenvalue weighted by Crippen LogP contribution is 2.30. The second-order valence-electron chi connectivity index (χ2n) is 5.87. The summed E-state index contributed by atoms with van der Waals surface area (Å²) < 4.78 is 19.2. The molecule has 0 aliphatic carbocycles. The van der Waals surface area contributed by atoms with E-state index in [1.807, 2.05) is 30.3 Å². The second kappa shape index (κ2) is 7.55. The van der Waals surface area contributed by atoms with Gasteiger partial charge in [0.15, 0.2) is 5.76 Å². The first-order valence-corrected chi connectivity index (χ1v) is 9.16. The van der Waals surface area contributed by atoms with Crippen molar-refractivity contribution >= 4 is 17.2 Å². The average Bonchev–Trinajstić information content (AvgIpc) is 3.37. The molecule has 0 atom stereocenters. The van der Waals surface area contributed by atoms with Gasteiger partial charge in [-0.3, -0.25) is 4.79 Å². The highest BCUT2D eigenvalue weighted by Gasteiger charge is 2.13. The molecular weight excluding hydrogens is 363 g/mol. The summed E-state index contributed by atoms with van der Waals surface area (Å²) in [4.78, 5) is 13.6. The van der Waals surface area contributed by atoms with Crippen LogP contribution < -0.4 is 5.32 Å². The highest BCUT2D eigenvalue weighted by atomic mass is 32.1. The molecule has 0 bridgehead atoms. The van der Waals surface area contributed by atoms with Gasteiger partial charge in [-0.1, -0.05) is 53.7 Å². The lowest BCUT2D eigenvalue weighted by Crippen LogP contribution is -2.21. The Morgan fingerprint density at radius 2 is 1.81 bits per heavy atom. The number of aromatic nitrogens is 1. The molecule has 2 aromatic carbocycles. The molecule has 6 heteroatoms. The molecule has 0 fully saturated rings. The van der Waals surface area contributed by atoms with Crippen LogP contribution in [0.3, 0.4) is 0 Å². The zero-order valence-electron chi connectivity index (χ0n) is 14.2. The van der Waals surface area contributed by atoms with Crippen LogP contribution in [0.5, 0.6) is 0 Å². The van der Waals surface area contributed by atoms with E-state index >= 15 is 0 Å². The third-order valence-corrected chi connectivity index (χ3v) is 5.13. The van der Waals surface area contributed by atoms with E-state index in [2.05, 4.69) is 10.5 Å². The molecule has 0 radical (unpaired) electrons. The van der Waals surface area contributed by atoms with Crippen LogP contribution in [-0.4, -0.2) is 11.1 Å². The normalized spacial score (nSPS) is 10.7. The van der Waals surface area contributed by atoms with Crippen molar-refractivity contribution in [3.63, 3.8) is 0 Å². The first-order chi connectivity index (χ1) is 13.2. The van der Waals surface area contributed by atoms with Crippen LogP contribution in [0, 0.1) is 5.82 Å². The molecule has 4 rings (SSSR count). The minimum atomic E-state index is -0.303. The van der Waals surface area contributed by atoms with Crippen LogP contribution in [0.25, 0.3) is 21.8 Å². The molecule has 2 aromatic heterocycles. The van der Waals surface area contributed by atoms with Gasteiger partial charge in [-0.25, -0.2) is 4.39 Å². The molecule has 0 saturated carbocycles. The molecule has 0 unspecified atom stereocenters. The molecule has 134 valence electrons. The summed E-state index contributed by atoms with van der Waals surface area (Å²) in [6.45, 7) is 0.252. The number of benzene rings is 2. The third kappa shape index (κ3) is 3.80. The van der Waals surface area contributed by atoms with Gasteiger partial charge in [0.1, 0.15) is 11.5 Å². The Morgan fingerprint density at radius 3 is 2.63 bits per heavy atom. The summed E-state index contributed by atoms with van der Waals surface area (Å²) in [6, 6.07) is 21.4. The Kier molecular flexibility index (Phi) is 4.80. The lowest BCUT2D eigenvalue weighted by Gasteiger charge is -2.00. The van der Waals surface area contributed by atoms with Crippen molar-refractivity contribution in [1.29, 1.82) is 0 Å². The minimum Gasteiger partial charge on any atom is -0.356 e. The molecular formula is C21H15FN2O2S. The minimum absolute atomic E-state index is 0.230. The van der Waals surface area contributed by atoms with Gasteiger partial charge >= 0.3 is 0 Å². The highest BCUT2D eigenvalue weighted by molar-refractivity contribution is 7.17. The predicted octanol–water partition coefficient (Wildman–Crippen LogP) is 5.14. The molecule has 1 N–H and O–H groups in total. The van der Waals surface area contributed by atoms with Crippen molar-refractivity contribution in [3.05, 3.63) is 89.2 Å². The molecule has 0 spiro atoms. The summed E-state index contributed by atoms with van der Waals surface area (Å²) >= 11 is 1.25. The largest absolute Gasteiger partial charge is 0.356 e. The molecule has 0 saturated heterocycles. The first kappa shape index (κ1) is 17.2. The van der Waals surface area contributed by atoms with Crippen LogP contribution in [0.1, 0.15) is 15.4 Å². The quantitative estimate of drug-likeness (QED) is 0.523. The number of nitrogens with one attached hydrogen (secondary N) is 1. The SMILES string of the molecule is O=C(NCc1cc(-c2ccccc2)on1)c1ccc(-c2ccccc2F)s1. The van der Waals surface area contributed by atoms with E-state index in [9.17, 15) is 9.18 Å². The summed E-state index contributed by atoms with van der Waals surface area (Å²) in [6.07, 6.45) is 0. The zero-order chi connectivity index (χ0) is 18.6. The molecule has 4 aromatic rings. The third-order valence-electron chi connectivity index (χ3n) is 4.02. The van der Waals surface area contributed by atoms with Crippen LogP contribution >= 0.6 is 11.3 Å².